The fourth-order valence-electron chi connectivity index (χ4n) is 10.8. The summed E-state index contributed by atoms with van der Waals surface area (Å²) in [4.78, 5) is 0. The molecule has 42 heavy (non-hydrogen) atoms. The molecule has 1 heterocycles. The average molecular weight is 593 g/mol. The first-order chi connectivity index (χ1) is 19.8. The Morgan fingerprint density at radius 1 is 0.929 bits per heavy atom. The smallest absolute Gasteiger partial charge is 0.186 e. The first-order valence-electron chi connectivity index (χ1n) is 17.2. The van der Waals surface area contributed by atoms with Crippen molar-refractivity contribution >= 4 is 0 Å². The molecule has 0 bridgehead atoms. The number of ether oxygens (including phenoxy) is 2. The quantitative estimate of drug-likeness (QED) is 0.244. The summed E-state index contributed by atoms with van der Waals surface area (Å²) in [6, 6.07) is 0. The highest BCUT2D eigenvalue weighted by atomic mass is 16.7. The van der Waals surface area contributed by atoms with Crippen LogP contribution in [-0.4, -0.2) is 75.1 Å². The lowest BCUT2D eigenvalue weighted by Crippen LogP contribution is -2.60. The summed E-state index contributed by atoms with van der Waals surface area (Å²) in [6.45, 7) is 14.1. The van der Waals surface area contributed by atoms with E-state index in [4.69, 9.17) is 9.47 Å². The van der Waals surface area contributed by atoms with Crippen LogP contribution in [0.5, 0.6) is 0 Å². The lowest BCUT2D eigenvalue weighted by molar-refractivity contribution is -0.313. The number of hydrogen-bond acceptors (Lipinski definition) is 7. The maximum atomic E-state index is 11.7. The third kappa shape index (κ3) is 5.67. The first-order valence-corrected chi connectivity index (χ1v) is 17.2. The van der Waals surface area contributed by atoms with E-state index in [-0.39, 0.29) is 11.5 Å². The normalized spacial score (nSPS) is 48.7. The van der Waals surface area contributed by atoms with Crippen LogP contribution in [0.25, 0.3) is 0 Å². The minimum absolute atomic E-state index is 0.0236. The second kappa shape index (κ2) is 12.7. The minimum atomic E-state index is -1.44. The predicted octanol–water partition coefficient (Wildman–Crippen LogP) is 4.82. The molecule has 5 N–H and O–H groups in total. The van der Waals surface area contributed by atoms with Gasteiger partial charge in [0.2, 0.25) is 0 Å². The standard InChI is InChI=1S/C35H60O7/c1-7-21(19(2)3)9-8-20(4)24-10-11-25-29-26(13-15-35(24,25)6)34(5)14-12-23(16-22(34)17-27(29)37)41-33-32(40)31(39)30(38)28(18-36)42-33/h17,19-21,23-33,36-40H,7-16,18H2,1-6H3/t20-,21-,23-,24+,25+,26-,27+,28+,29+,30-,31+,32-,33-,34+,35-/m1/s1. The fourth-order valence-corrected chi connectivity index (χ4v) is 10.8. The summed E-state index contributed by atoms with van der Waals surface area (Å²) < 4.78 is 11.8. The van der Waals surface area contributed by atoms with Gasteiger partial charge in [0.25, 0.3) is 0 Å². The van der Waals surface area contributed by atoms with Gasteiger partial charge in [-0.2, -0.15) is 0 Å². The molecule has 7 nitrogen and oxygen atoms in total. The summed E-state index contributed by atoms with van der Waals surface area (Å²) >= 11 is 0. The van der Waals surface area contributed by atoms with E-state index < -0.39 is 43.4 Å². The molecule has 0 aromatic carbocycles. The van der Waals surface area contributed by atoms with E-state index in [2.05, 4.69) is 47.6 Å². The topological polar surface area (TPSA) is 120 Å². The van der Waals surface area contributed by atoms with Crippen LogP contribution in [0, 0.1) is 52.3 Å². The summed E-state index contributed by atoms with van der Waals surface area (Å²) in [6.07, 6.45) is 6.41. The van der Waals surface area contributed by atoms with E-state index in [1.807, 2.05) is 0 Å². The maximum Gasteiger partial charge on any atom is 0.186 e. The third-order valence-electron chi connectivity index (χ3n) is 13.5. The summed E-state index contributed by atoms with van der Waals surface area (Å²) in [5.74, 6) is 4.35. The van der Waals surface area contributed by atoms with Crippen molar-refractivity contribution in [2.45, 2.75) is 149 Å². The van der Waals surface area contributed by atoms with Gasteiger partial charge >= 0.3 is 0 Å². The van der Waals surface area contributed by atoms with Gasteiger partial charge < -0.3 is 35.0 Å². The monoisotopic (exact) mass is 592 g/mol. The Hall–Kier alpha value is -0.540. The van der Waals surface area contributed by atoms with E-state index in [9.17, 15) is 25.5 Å². The zero-order chi connectivity index (χ0) is 30.6. The molecular weight excluding hydrogens is 532 g/mol. The molecule has 0 radical (unpaired) electrons. The molecule has 0 spiro atoms. The second-order valence-corrected chi connectivity index (χ2v) is 15.8. The lowest BCUT2D eigenvalue weighted by Gasteiger charge is -2.59. The van der Waals surface area contributed by atoms with Crippen molar-refractivity contribution in [3.63, 3.8) is 0 Å². The molecule has 3 saturated carbocycles. The molecule has 0 aromatic rings. The van der Waals surface area contributed by atoms with Gasteiger partial charge in [0.05, 0.1) is 18.8 Å². The Morgan fingerprint density at radius 3 is 2.33 bits per heavy atom. The van der Waals surface area contributed by atoms with Crippen molar-refractivity contribution in [2.24, 2.45) is 52.3 Å². The molecule has 7 heteroatoms. The van der Waals surface area contributed by atoms with Crippen LogP contribution in [0.4, 0.5) is 0 Å². The van der Waals surface area contributed by atoms with Crippen LogP contribution < -0.4 is 0 Å². The van der Waals surface area contributed by atoms with Gasteiger partial charge in [-0.1, -0.05) is 66.0 Å². The summed E-state index contributed by atoms with van der Waals surface area (Å²) in [7, 11) is 0. The highest BCUT2D eigenvalue weighted by molar-refractivity contribution is 5.28. The van der Waals surface area contributed by atoms with Gasteiger partial charge in [0.1, 0.15) is 24.4 Å². The summed E-state index contributed by atoms with van der Waals surface area (Å²) in [5.41, 5.74) is 1.57. The van der Waals surface area contributed by atoms with E-state index in [1.165, 1.54) is 44.1 Å². The van der Waals surface area contributed by atoms with Gasteiger partial charge in [0, 0.05) is 0 Å². The number of fused-ring (bicyclic) bond motifs is 5. The molecule has 1 saturated heterocycles. The van der Waals surface area contributed by atoms with E-state index in [0.717, 1.165) is 42.9 Å². The zero-order valence-electron chi connectivity index (χ0n) is 27.0. The minimum Gasteiger partial charge on any atom is -0.394 e. The number of rotatable bonds is 9. The molecule has 4 aliphatic carbocycles. The van der Waals surface area contributed by atoms with Gasteiger partial charge in [-0.25, -0.2) is 0 Å². The largest absolute Gasteiger partial charge is 0.394 e. The van der Waals surface area contributed by atoms with Crippen LogP contribution in [0.1, 0.15) is 106 Å². The van der Waals surface area contributed by atoms with Crippen LogP contribution in [0.15, 0.2) is 11.6 Å². The lowest BCUT2D eigenvalue weighted by atomic mass is 9.46. The van der Waals surface area contributed by atoms with Crippen molar-refractivity contribution in [1.29, 1.82) is 0 Å². The van der Waals surface area contributed by atoms with E-state index in [1.54, 1.807) is 0 Å². The predicted molar refractivity (Wildman–Crippen MR) is 162 cm³/mol. The van der Waals surface area contributed by atoms with Crippen molar-refractivity contribution in [3.8, 4) is 0 Å². The molecular formula is C35H60O7. The average Bonchev–Trinajstić information content (AvgIpc) is 3.31. The highest BCUT2D eigenvalue weighted by Gasteiger charge is 2.61. The maximum absolute atomic E-state index is 11.7. The highest BCUT2D eigenvalue weighted by Crippen LogP contribution is 2.67. The second-order valence-electron chi connectivity index (χ2n) is 15.8. The Balaban J connectivity index is 1.27. The Kier molecular flexibility index (Phi) is 9.92. The molecule has 5 aliphatic rings. The molecule has 0 unspecified atom stereocenters. The van der Waals surface area contributed by atoms with Crippen LogP contribution in [-0.2, 0) is 9.47 Å². The van der Waals surface area contributed by atoms with Crippen molar-refractivity contribution in [2.75, 3.05) is 6.61 Å². The van der Waals surface area contributed by atoms with E-state index >= 15 is 0 Å². The number of aliphatic hydroxyl groups is 5. The van der Waals surface area contributed by atoms with Crippen molar-refractivity contribution < 1.29 is 35.0 Å². The fraction of sp³-hybridized carbons (Fsp3) is 0.943. The first kappa shape index (κ1) is 32.8. The Bertz CT molecular complexity index is 952. The zero-order valence-corrected chi connectivity index (χ0v) is 27.0. The van der Waals surface area contributed by atoms with Crippen LogP contribution >= 0.6 is 0 Å². The number of hydrogen-bond donors (Lipinski definition) is 5. The molecule has 15 atom stereocenters. The molecule has 0 amide bonds. The van der Waals surface area contributed by atoms with Crippen LogP contribution in [0.2, 0.25) is 0 Å². The van der Waals surface area contributed by atoms with Gasteiger partial charge in [0.15, 0.2) is 6.29 Å². The molecule has 0 aromatic heterocycles. The van der Waals surface area contributed by atoms with E-state index in [0.29, 0.717) is 29.6 Å². The summed E-state index contributed by atoms with van der Waals surface area (Å²) in [5, 5.41) is 52.1. The SMILES string of the molecule is CC[C@H](CC[C@@H](C)[C@@H]1CC[C@H]2[C@H]3[C@@H](CC[C@@]21C)[C@@]1(C)CC[C@@H](O[C@@H]2O[C@@H](CO)[C@@H](O)[C@H](O)[C@H]2O)CC1=C[C@@H]3O)C(C)C. The van der Waals surface area contributed by atoms with Gasteiger partial charge in [-0.15, -0.1) is 0 Å². The number of aliphatic hydroxyl groups excluding tert-OH is 5. The third-order valence-corrected chi connectivity index (χ3v) is 13.5. The van der Waals surface area contributed by atoms with Crippen LogP contribution in [0.3, 0.4) is 0 Å². The van der Waals surface area contributed by atoms with Gasteiger partial charge in [-0.3, -0.25) is 0 Å². The molecule has 242 valence electrons. The Labute approximate surface area is 254 Å². The Morgan fingerprint density at radius 2 is 1.67 bits per heavy atom. The molecule has 1 aliphatic heterocycles. The van der Waals surface area contributed by atoms with Gasteiger partial charge in [-0.05, 0) is 104 Å². The van der Waals surface area contributed by atoms with Crippen molar-refractivity contribution in [3.05, 3.63) is 11.6 Å². The van der Waals surface area contributed by atoms with Crippen molar-refractivity contribution in [1.82, 2.24) is 0 Å². The molecule has 4 fully saturated rings. The molecule has 5 rings (SSSR count).